The van der Waals surface area contributed by atoms with Crippen molar-refractivity contribution in [3.63, 3.8) is 0 Å². The lowest BCUT2D eigenvalue weighted by Crippen LogP contribution is -2.14. The average Bonchev–Trinajstić information content (AvgIpc) is 1.68. The summed E-state index contributed by atoms with van der Waals surface area (Å²) in [6, 6.07) is 47.8. The molecule has 6 heterocycles. The van der Waals surface area contributed by atoms with Gasteiger partial charge >= 0.3 is 17.9 Å². The van der Waals surface area contributed by atoms with Crippen LogP contribution in [0.15, 0.2) is 164 Å². The Morgan fingerprint density at radius 3 is 0.892 bits per heavy atom. The Bertz CT molecular complexity index is 3680. The molecular formula is C75H78Cl3N3O12. The summed E-state index contributed by atoms with van der Waals surface area (Å²) in [6.07, 6.45) is 9.15. The monoisotopic (exact) mass is 1320 g/mol. The second kappa shape index (κ2) is 30.8. The molecule has 0 aliphatic carbocycles. The number of esters is 3. The van der Waals surface area contributed by atoms with Gasteiger partial charge in [-0.2, -0.15) is 0 Å². The highest BCUT2D eigenvalue weighted by atomic mass is 35.5. The Labute approximate surface area is 558 Å². The van der Waals surface area contributed by atoms with E-state index in [-0.39, 0.29) is 53.4 Å². The van der Waals surface area contributed by atoms with Crippen LogP contribution in [-0.2, 0) is 28.6 Å². The SMILES string of the molecule is CCOC(=O)C[C@@H]1CC(c2cccc(OC)c2OC)c2cc(Cl)ccc2-n2cccc21.CCOC(=O)C[C@H]1C[C@@H](c2cccc(OC)c2OC)c2cc(Cl)ccc2-n2cccc21.CCOC(=O)C[C@H]1C[C@H](c2cccc(OC)c2OC)c2cc(Cl)ccc2-n2cccc21. The van der Waals surface area contributed by atoms with Gasteiger partial charge in [-0.25, -0.2) is 0 Å². The Morgan fingerprint density at radius 1 is 0.366 bits per heavy atom. The molecule has 12 rings (SSSR count). The van der Waals surface area contributed by atoms with Crippen LogP contribution in [0.3, 0.4) is 0 Å². The zero-order valence-corrected chi connectivity index (χ0v) is 56.1. The molecule has 0 spiro atoms. The summed E-state index contributed by atoms with van der Waals surface area (Å²) in [7, 11) is 9.85. The molecule has 6 aromatic carbocycles. The molecule has 6 atom stereocenters. The van der Waals surface area contributed by atoms with Crippen LogP contribution in [-0.4, -0.2) is 94.1 Å². The van der Waals surface area contributed by atoms with E-state index in [0.29, 0.717) is 108 Å². The Kier molecular flexibility index (Phi) is 22.2. The fourth-order valence-electron chi connectivity index (χ4n) is 13.8. The molecule has 3 aliphatic heterocycles. The summed E-state index contributed by atoms with van der Waals surface area (Å²) in [4.78, 5) is 37.4. The van der Waals surface area contributed by atoms with Crippen molar-refractivity contribution in [2.24, 2.45) is 0 Å². The molecule has 93 heavy (non-hydrogen) atoms. The van der Waals surface area contributed by atoms with E-state index in [1.54, 1.807) is 42.7 Å². The van der Waals surface area contributed by atoms with E-state index in [0.717, 1.165) is 67.5 Å². The quantitative estimate of drug-likeness (QED) is 0.0594. The van der Waals surface area contributed by atoms with Gasteiger partial charge in [-0.1, -0.05) is 71.2 Å². The van der Waals surface area contributed by atoms with E-state index >= 15 is 0 Å². The number of hydrogen-bond donors (Lipinski definition) is 0. The van der Waals surface area contributed by atoms with Gasteiger partial charge in [0.15, 0.2) is 34.5 Å². The molecule has 0 fully saturated rings. The van der Waals surface area contributed by atoms with Crippen LogP contribution in [0.25, 0.3) is 17.1 Å². The molecule has 1 unspecified atom stereocenters. The van der Waals surface area contributed by atoms with Gasteiger partial charge in [0, 0.05) is 120 Å². The molecule has 0 bridgehead atoms. The summed E-state index contributed by atoms with van der Waals surface area (Å²) in [5, 5.41) is 2.01. The molecule has 3 aromatic heterocycles. The second-order valence-electron chi connectivity index (χ2n) is 22.7. The molecule has 15 nitrogen and oxygen atoms in total. The smallest absolute Gasteiger partial charge is 0.306 e. The number of ether oxygens (including phenoxy) is 9. The number of aromatic nitrogens is 3. The number of nitrogens with zero attached hydrogens (tertiary/aromatic N) is 3. The van der Waals surface area contributed by atoms with E-state index in [1.165, 1.54) is 0 Å². The fraction of sp³-hybridized carbons (Fsp3) is 0.320. The van der Waals surface area contributed by atoms with Gasteiger partial charge in [0.1, 0.15) is 0 Å². The minimum Gasteiger partial charge on any atom is -0.493 e. The average molecular weight is 1320 g/mol. The standard InChI is InChI=1S/3C25H26ClNO4/c3*1-4-31-24(28)14-16-13-19(18-7-5-9-23(29-2)25(18)30-3)20-15-17(26)10-11-22(20)27-12-6-8-21(16)27/h3*5-12,15-16,19H,4,13-14H2,1-3H3/t16-,19?;16-,19+;16-,19-/m011/s1. The van der Waals surface area contributed by atoms with Gasteiger partial charge in [0.25, 0.3) is 0 Å². The summed E-state index contributed by atoms with van der Waals surface area (Å²) >= 11 is 19.3. The molecule has 3 aliphatic rings. The van der Waals surface area contributed by atoms with Crippen molar-refractivity contribution in [3.8, 4) is 51.6 Å². The molecular weight excluding hydrogens is 1240 g/mol. The third-order valence-electron chi connectivity index (χ3n) is 17.6. The predicted molar refractivity (Wildman–Crippen MR) is 362 cm³/mol. The predicted octanol–water partition coefficient (Wildman–Crippen LogP) is 17.2. The molecule has 0 radical (unpaired) electrons. The lowest BCUT2D eigenvalue weighted by Gasteiger charge is -2.24. The molecule has 18 heteroatoms. The number of benzene rings is 6. The topological polar surface area (TPSA) is 149 Å². The molecule has 0 N–H and O–H groups in total. The highest BCUT2D eigenvalue weighted by Gasteiger charge is 2.37. The van der Waals surface area contributed by atoms with Crippen molar-refractivity contribution >= 4 is 52.7 Å². The first kappa shape index (κ1) is 67.1. The first-order valence-electron chi connectivity index (χ1n) is 31.2. The van der Waals surface area contributed by atoms with E-state index in [2.05, 4.69) is 50.1 Å². The van der Waals surface area contributed by atoms with Crippen molar-refractivity contribution < 1.29 is 57.0 Å². The molecule has 486 valence electrons. The van der Waals surface area contributed by atoms with E-state index in [1.807, 2.05) is 149 Å². The van der Waals surface area contributed by atoms with Gasteiger partial charge in [0.2, 0.25) is 0 Å². The van der Waals surface area contributed by atoms with E-state index < -0.39 is 0 Å². The van der Waals surface area contributed by atoms with Crippen LogP contribution in [0, 0.1) is 0 Å². The molecule has 9 aromatic rings. The largest absolute Gasteiger partial charge is 0.493 e. The van der Waals surface area contributed by atoms with Crippen LogP contribution in [0.4, 0.5) is 0 Å². The first-order chi connectivity index (χ1) is 45.2. The van der Waals surface area contributed by atoms with Crippen molar-refractivity contribution in [1.82, 2.24) is 13.7 Å². The maximum Gasteiger partial charge on any atom is 0.306 e. The van der Waals surface area contributed by atoms with E-state index in [9.17, 15) is 14.4 Å². The zero-order chi connectivity index (χ0) is 65.9. The van der Waals surface area contributed by atoms with Crippen LogP contribution in [0.2, 0.25) is 15.1 Å². The number of fused-ring (bicyclic) bond motifs is 9. The van der Waals surface area contributed by atoms with Gasteiger partial charge in [0.05, 0.1) is 81.7 Å². The number of carbonyl (C=O) groups is 3. The number of carbonyl (C=O) groups excluding carboxylic acids is 3. The lowest BCUT2D eigenvalue weighted by atomic mass is 9.81. The minimum atomic E-state index is -0.194. The first-order valence-corrected chi connectivity index (χ1v) is 32.3. The summed E-state index contributed by atoms with van der Waals surface area (Å²) in [5.74, 6) is 3.32. The number of halogens is 3. The third-order valence-corrected chi connectivity index (χ3v) is 18.3. The molecule has 0 saturated carbocycles. The van der Waals surface area contributed by atoms with Crippen LogP contribution < -0.4 is 28.4 Å². The lowest BCUT2D eigenvalue weighted by molar-refractivity contribution is -0.144. The van der Waals surface area contributed by atoms with Crippen molar-refractivity contribution in [3.05, 3.63) is 230 Å². The number of methoxy groups -OCH3 is 6. The Hall–Kier alpha value is -8.76. The Balaban J connectivity index is 0.000000153. The summed E-state index contributed by atoms with van der Waals surface area (Å²) < 4.78 is 56.3. The van der Waals surface area contributed by atoms with Gasteiger partial charge < -0.3 is 56.3 Å². The maximum absolute atomic E-state index is 12.5. The van der Waals surface area contributed by atoms with Gasteiger partial charge in [-0.05, 0) is 166 Å². The Morgan fingerprint density at radius 2 is 0.645 bits per heavy atom. The summed E-state index contributed by atoms with van der Waals surface area (Å²) in [5.41, 5.74) is 12.7. The third kappa shape index (κ3) is 14.4. The number of hydrogen-bond acceptors (Lipinski definition) is 12. The highest BCUT2D eigenvalue weighted by molar-refractivity contribution is 6.31. The zero-order valence-electron chi connectivity index (χ0n) is 53.8. The molecule has 0 saturated heterocycles. The minimum absolute atomic E-state index is 0.0267. The second-order valence-corrected chi connectivity index (χ2v) is 24.1. The van der Waals surface area contributed by atoms with Gasteiger partial charge in [-0.3, -0.25) is 14.4 Å². The van der Waals surface area contributed by atoms with Crippen LogP contribution >= 0.6 is 34.8 Å². The fourth-order valence-corrected chi connectivity index (χ4v) is 14.3. The maximum atomic E-state index is 12.5. The molecule has 0 amide bonds. The number of rotatable bonds is 18. The summed E-state index contributed by atoms with van der Waals surface area (Å²) in [6.45, 7) is 6.60. The van der Waals surface area contributed by atoms with Crippen LogP contribution in [0.5, 0.6) is 34.5 Å². The van der Waals surface area contributed by atoms with Gasteiger partial charge in [-0.15, -0.1) is 0 Å². The van der Waals surface area contributed by atoms with Crippen molar-refractivity contribution in [1.29, 1.82) is 0 Å². The van der Waals surface area contributed by atoms with Crippen molar-refractivity contribution in [2.75, 3.05) is 62.5 Å². The normalized spacial score (nSPS) is 17.3. The van der Waals surface area contributed by atoms with Crippen LogP contribution in [0.1, 0.15) is 145 Å². The van der Waals surface area contributed by atoms with Crippen molar-refractivity contribution in [2.45, 2.75) is 94.8 Å². The highest BCUT2D eigenvalue weighted by Crippen LogP contribution is 2.52. The van der Waals surface area contributed by atoms with E-state index in [4.69, 9.17) is 77.4 Å². The number of para-hydroxylation sites is 3.